The van der Waals surface area contributed by atoms with E-state index in [4.69, 9.17) is 11.6 Å². The van der Waals surface area contributed by atoms with Gasteiger partial charge in [0.05, 0.1) is 6.04 Å². The molecule has 1 fully saturated rings. The van der Waals surface area contributed by atoms with Crippen molar-refractivity contribution in [2.75, 3.05) is 26.2 Å². The first-order chi connectivity index (χ1) is 9.74. The largest absolute Gasteiger partial charge is 0.314 e. The van der Waals surface area contributed by atoms with Gasteiger partial charge in [-0.25, -0.2) is 4.39 Å². The summed E-state index contributed by atoms with van der Waals surface area (Å²) >= 11 is 7.69. The topological polar surface area (TPSA) is 15.3 Å². The second-order valence-electron chi connectivity index (χ2n) is 4.95. The van der Waals surface area contributed by atoms with E-state index in [1.165, 1.54) is 11.6 Å². The Morgan fingerprint density at radius 1 is 1.19 bits per heavy atom. The molecule has 0 aliphatic carbocycles. The highest BCUT2D eigenvalue weighted by atomic mass is 35.5. The van der Waals surface area contributed by atoms with E-state index in [1.807, 2.05) is 6.07 Å². The van der Waals surface area contributed by atoms with Crippen molar-refractivity contribution in [1.82, 2.24) is 10.2 Å². The first kappa shape index (κ1) is 16.7. The summed E-state index contributed by atoms with van der Waals surface area (Å²) in [5.74, 6) is -0.275. The summed E-state index contributed by atoms with van der Waals surface area (Å²) in [6, 6.07) is 7.01. The maximum absolute atomic E-state index is 13.7. The van der Waals surface area contributed by atoms with Gasteiger partial charge in [0.25, 0.3) is 0 Å². The van der Waals surface area contributed by atoms with Crippen LogP contribution in [0, 0.1) is 5.82 Å². The van der Waals surface area contributed by atoms with Gasteiger partial charge in [-0.15, -0.1) is 12.4 Å². The van der Waals surface area contributed by atoms with Gasteiger partial charge in [-0.3, -0.25) is 4.90 Å². The number of nitrogens with one attached hydrogen (secondary N) is 1. The predicted octanol–water partition coefficient (Wildman–Crippen LogP) is 3.96. The second kappa shape index (κ2) is 7.56. The highest BCUT2D eigenvalue weighted by Gasteiger charge is 2.24. The van der Waals surface area contributed by atoms with Crippen molar-refractivity contribution < 1.29 is 4.39 Å². The second-order valence-corrected chi connectivity index (χ2v) is 6.16. The third-order valence-electron chi connectivity index (χ3n) is 3.58. The van der Waals surface area contributed by atoms with Gasteiger partial charge < -0.3 is 5.32 Å². The number of thiophene rings is 1. The average molecular weight is 347 g/mol. The lowest BCUT2D eigenvalue weighted by Gasteiger charge is -2.35. The minimum Gasteiger partial charge on any atom is -0.314 e. The summed E-state index contributed by atoms with van der Waals surface area (Å²) in [6.45, 7) is 3.83. The molecule has 1 aromatic carbocycles. The Kier molecular flexibility index (Phi) is 6.02. The number of benzene rings is 1. The predicted molar refractivity (Wildman–Crippen MR) is 89.3 cm³/mol. The molecule has 0 spiro atoms. The fourth-order valence-electron chi connectivity index (χ4n) is 2.72. The van der Waals surface area contributed by atoms with Gasteiger partial charge in [0.15, 0.2) is 0 Å². The van der Waals surface area contributed by atoms with Crippen LogP contribution < -0.4 is 5.32 Å². The van der Waals surface area contributed by atoms with E-state index < -0.39 is 0 Å². The SMILES string of the molecule is Cl.Fc1cc(Cl)cc([C@@H](c2ccsc2)N2CCNCC2)c1. The van der Waals surface area contributed by atoms with Crippen LogP contribution in [-0.4, -0.2) is 31.1 Å². The molecule has 1 aliphatic rings. The number of rotatable bonds is 3. The van der Waals surface area contributed by atoms with Gasteiger partial charge in [-0.1, -0.05) is 11.6 Å². The molecule has 2 heterocycles. The van der Waals surface area contributed by atoms with Crippen LogP contribution in [-0.2, 0) is 0 Å². The van der Waals surface area contributed by atoms with E-state index in [9.17, 15) is 4.39 Å². The van der Waals surface area contributed by atoms with Gasteiger partial charge >= 0.3 is 0 Å². The van der Waals surface area contributed by atoms with E-state index in [0.717, 1.165) is 31.7 Å². The van der Waals surface area contributed by atoms with Crippen LogP contribution in [0.4, 0.5) is 4.39 Å². The van der Waals surface area contributed by atoms with Gasteiger partial charge in [0.1, 0.15) is 5.82 Å². The molecule has 2 nitrogen and oxygen atoms in total. The number of hydrogen-bond acceptors (Lipinski definition) is 3. The fraction of sp³-hybridized carbons (Fsp3) is 0.333. The summed E-state index contributed by atoms with van der Waals surface area (Å²) in [6.07, 6.45) is 0. The van der Waals surface area contributed by atoms with Crippen molar-refractivity contribution in [3.05, 3.63) is 57.0 Å². The summed E-state index contributed by atoms with van der Waals surface area (Å²) < 4.78 is 13.7. The van der Waals surface area contributed by atoms with Gasteiger partial charge in [-0.05, 0) is 46.2 Å². The molecule has 1 aliphatic heterocycles. The minimum atomic E-state index is -0.275. The smallest absolute Gasteiger partial charge is 0.125 e. The molecule has 114 valence electrons. The lowest BCUT2D eigenvalue weighted by atomic mass is 9.98. The third kappa shape index (κ3) is 3.96. The van der Waals surface area contributed by atoms with Crippen LogP contribution in [0.3, 0.4) is 0 Å². The van der Waals surface area contributed by atoms with Crippen molar-refractivity contribution in [1.29, 1.82) is 0 Å². The van der Waals surface area contributed by atoms with Crippen molar-refractivity contribution in [2.24, 2.45) is 0 Å². The lowest BCUT2D eigenvalue weighted by molar-refractivity contribution is 0.198. The van der Waals surface area contributed by atoms with Crippen molar-refractivity contribution >= 4 is 35.3 Å². The van der Waals surface area contributed by atoms with Gasteiger partial charge in [0, 0.05) is 31.2 Å². The minimum absolute atomic E-state index is 0. The first-order valence-corrected chi connectivity index (χ1v) is 7.99. The molecule has 0 radical (unpaired) electrons. The maximum atomic E-state index is 13.7. The van der Waals surface area contributed by atoms with E-state index >= 15 is 0 Å². The van der Waals surface area contributed by atoms with E-state index in [0.29, 0.717) is 5.02 Å². The monoisotopic (exact) mass is 346 g/mol. The number of nitrogens with zero attached hydrogens (tertiary/aromatic N) is 1. The normalized spacial score (nSPS) is 17.2. The fourth-order valence-corrected chi connectivity index (χ4v) is 3.63. The third-order valence-corrected chi connectivity index (χ3v) is 4.50. The van der Waals surface area contributed by atoms with Gasteiger partial charge in [-0.2, -0.15) is 11.3 Å². The molecule has 0 amide bonds. The molecule has 0 unspecified atom stereocenters. The molecule has 1 N–H and O–H groups in total. The van der Waals surface area contributed by atoms with Crippen LogP contribution in [0.2, 0.25) is 5.02 Å². The molecule has 1 aromatic heterocycles. The van der Waals surface area contributed by atoms with Crippen molar-refractivity contribution in [3.63, 3.8) is 0 Å². The molecule has 6 heteroatoms. The quantitative estimate of drug-likeness (QED) is 0.904. The Bertz CT molecular complexity index is 551. The molecular formula is C15H17Cl2FN2S. The van der Waals surface area contributed by atoms with Crippen molar-refractivity contribution in [3.8, 4) is 0 Å². The molecule has 0 bridgehead atoms. The van der Waals surface area contributed by atoms with E-state index in [-0.39, 0.29) is 24.3 Å². The van der Waals surface area contributed by atoms with E-state index in [2.05, 4.69) is 27.0 Å². The van der Waals surface area contributed by atoms with E-state index in [1.54, 1.807) is 17.4 Å². The Labute approximate surface area is 139 Å². The zero-order valence-corrected chi connectivity index (χ0v) is 13.8. The molecule has 21 heavy (non-hydrogen) atoms. The zero-order valence-electron chi connectivity index (χ0n) is 11.4. The summed E-state index contributed by atoms with van der Waals surface area (Å²) in [4.78, 5) is 2.38. The van der Waals surface area contributed by atoms with Gasteiger partial charge in [0.2, 0.25) is 0 Å². The zero-order chi connectivity index (χ0) is 13.9. The number of halogens is 3. The van der Waals surface area contributed by atoms with Crippen LogP contribution in [0.5, 0.6) is 0 Å². The highest BCUT2D eigenvalue weighted by molar-refractivity contribution is 7.08. The Morgan fingerprint density at radius 2 is 1.95 bits per heavy atom. The first-order valence-electron chi connectivity index (χ1n) is 6.67. The Morgan fingerprint density at radius 3 is 2.57 bits per heavy atom. The summed E-state index contributed by atoms with van der Waals surface area (Å²) in [5, 5.41) is 8.00. The molecular weight excluding hydrogens is 330 g/mol. The van der Waals surface area contributed by atoms with Crippen molar-refractivity contribution in [2.45, 2.75) is 6.04 Å². The highest BCUT2D eigenvalue weighted by Crippen LogP contribution is 2.32. The Balaban J connectivity index is 0.00000161. The molecule has 1 saturated heterocycles. The van der Waals surface area contributed by atoms with Crippen LogP contribution >= 0.6 is 35.3 Å². The Hall–Kier alpha value is -0.650. The number of piperazine rings is 1. The number of hydrogen-bond donors (Lipinski definition) is 1. The summed E-state index contributed by atoms with van der Waals surface area (Å²) in [7, 11) is 0. The molecule has 0 saturated carbocycles. The molecule has 1 atom stereocenters. The summed E-state index contributed by atoms with van der Waals surface area (Å²) in [5.41, 5.74) is 2.13. The standard InChI is InChI=1S/C15H16ClFN2S.ClH/c16-13-7-12(8-14(17)9-13)15(11-1-6-20-10-11)19-4-2-18-3-5-19;/h1,6-10,15,18H,2-5H2;1H/t15-;/m1./s1. The van der Waals surface area contributed by atoms with Crippen LogP contribution in [0.15, 0.2) is 35.0 Å². The lowest BCUT2D eigenvalue weighted by Crippen LogP contribution is -2.45. The van der Waals surface area contributed by atoms with Crippen LogP contribution in [0.25, 0.3) is 0 Å². The molecule has 3 rings (SSSR count). The van der Waals surface area contributed by atoms with Crippen LogP contribution in [0.1, 0.15) is 17.2 Å². The maximum Gasteiger partial charge on any atom is 0.125 e. The molecule has 2 aromatic rings. The average Bonchev–Trinajstić information content (AvgIpc) is 2.93.